The summed E-state index contributed by atoms with van der Waals surface area (Å²) in [6, 6.07) is 15.2. The van der Waals surface area contributed by atoms with Crippen molar-refractivity contribution in [3.05, 3.63) is 70.7 Å². The van der Waals surface area contributed by atoms with Crippen LogP contribution in [0.15, 0.2) is 54.6 Å². The van der Waals surface area contributed by atoms with Gasteiger partial charge in [-0.15, -0.1) is 0 Å². The number of halogens is 1. The van der Waals surface area contributed by atoms with Crippen LogP contribution in [-0.4, -0.2) is 54.8 Å². The molecule has 2 amide bonds. The molecule has 0 heterocycles. The van der Waals surface area contributed by atoms with Crippen molar-refractivity contribution in [3.8, 4) is 0 Å². The number of hydrogen-bond acceptors (Lipinski definition) is 4. The molecule has 0 spiro atoms. The number of sulfonamides is 1. The van der Waals surface area contributed by atoms with Crippen LogP contribution in [0.2, 0.25) is 5.02 Å². The van der Waals surface area contributed by atoms with Gasteiger partial charge in [-0.3, -0.25) is 9.59 Å². The molecule has 1 N–H and O–H groups in total. The highest BCUT2D eigenvalue weighted by Crippen LogP contribution is 2.15. The van der Waals surface area contributed by atoms with Gasteiger partial charge in [-0.25, -0.2) is 8.42 Å². The zero-order chi connectivity index (χ0) is 23.7. The maximum atomic E-state index is 13.3. The quantitative estimate of drug-likeness (QED) is 0.536. The Morgan fingerprint density at radius 2 is 1.59 bits per heavy atom. The molecule has 9 heteroatoms. The van der Waals surface area contributed by atoms with Crippen molar-refractivity contribution in [1.82, 2.24) is 14.5 Å². The van der Waals surface area contributed by atoms with E-state index in [1.165, 1.54) is 4.90 Å². The van der Waals surface area contributed by atoms with Gasteiger partial charge in [-0.2, -0.15) is 4.31 Å². The molecule has 0 fully saturated rings. The SMILES string of the molecule is CCCNC(=O)C(C)N(Cc1ccc(Cl)cc1)C(=O)CN(Cc1ccccc1)S(C)(=O)=O. The van der Waals surface area contributed by atoms with E-state index in [-0.39, 0.29) is 25.5 Å². The summed E-state index contributed by atoms with van der Waals surface area (Å²) in [6.45, 7) is 3.93. The lowest BCUT2D eigenvalue weighted by atomic mass is 10.1. The summed E-state index contributed by atoms with van der Waals surface area (Å²) in [7, 11) is -3.66. The second-order valence-electron chi connectivity index (χ2n) is 7.63. The molecular weight excluding hydrogens is 450 g/mol. The average Bonchev–Trinajstić information content (AvgIpc) is 2.76. The minimum atomic E-state index is -3.66. The van der Waals surface area contributed by atoms with Crippen molar-refractivity contribution in [2.75, 3.05) is 19.3 Å². The van der Waals surface area contributed by atoms with E-state index in [1.54, 1.807) is 43.3 Å². The van der Waals surface area contributed by atoms with Crippen LogP contribution in [0.1, 0.15) is 31.4 Å². The van der Waals surface area contributed by atoms with Crippen LogP contribution in [0.3, 0.4) is 0 Å². The Morgan fingerprint density at radius 3 is 2.16 bits per heavy atom. The molecular formula is C23H30ClN3O4S. The predicted octanol–water partition coefficient (Wildman–Crippen LogP) is 3.05. The topological polar surface area (TPSA) is 86.8 Å². The molecule has 0 aromatic heterocycles. The predicted molar refractivity (Wildman–Crippen MR) is 126 cm³/mol. The third-order valence-electron chi connectivity index (χ3n) is 4.97. The maximum absolute atomic E-state index is 13.3. The summed E-state index contributed by atoms with van der Waals surface area (Å²) in [4.78, 5) is 27.3. The Labute approximate surface area is 195 Å². The molecule has 2 aromatic carbocycles. The Morgan fingerprint density at radius 1 is 1.00 bits per heavy atom. The Bertz CT molecular complexity index is 998. The van der Waals surface area contributed by atoms with Crippen LogP contribution in [0, 0.1) is 0 Å². The molecule has 7 nitrogen and oxygen atoms in total. The van der Waals surface area contributed by atoms with Crippen molar-refractivity contribution < 1.29 is 18.0 Å². The monoisotopic (exact) mass is 479 g/mol. The average molecular weight is 480 g/mol. The van der Waals surface area contributed by atoms with E-state index in [0.29, 0.717) is 11.6 Å². The molecule has 1 atom stereocenters. The van der Waals surface area contributed by atoms with Crippen LogP contribution in [0.25, 0.3) is 0 Å². The minimum Gasteiger partial charge on any atom is -0.354 e. The number of benzene rings is 2. The molecule has 2 aromatic rings. The third-order valence-corrected chi connectivity index (χ3v) is 6.41. The van der Waals surface area contributed by atoms with Gasteiger partial charge in [0, 0.05) is 24.7 Å². The summed E-state index contributed by atoms with van der Waals surface area (Å²) < 4.78 is 25.9. The molecule has 0 aliphatic rings. The first-order valence-electron chi connectivity index (χ1n) is 10.4. The Balaban J connectivity index is 2.27. The smallest absolute Gasteiger partial charge is 0.242 e. The first-order valence-corrected chi connectivity index (χ1v) is 12.6. The number of rotatable bonds is 11. The molecule has 0 aliphatic heterocycles. The molecule has 1 unspecified atom stereocenters. The molecule has 0 radical (unpaired) electrons. The lowest BCUT2D eigenvalue weighted by molar-refractivity contribution is -0.140. The van der Waals surface area contributed by atoms with Gasteiger partial charge in [-0.1, -0.05) is 61.0 Å². The van der Waals surface area contributed by atoms with Gasteiger partial charge in [0.05, 0.1) is 12.8 Å². The summed E-state index contributed by atoms with van der Waals surface area (Å²) in [5, 5.41) is 3.36. The number of hydrogen-bond donors (Lipinski definition) is 1. The zero-order valence-corrected chi connectivity index (χ0v) is 20.2. The van der Waals surface area contributed by atoms with E-state index >= 15 is 0 Å². The highest BCUT2D eigenvalue weighted by Gasteiger charge is 2.29. The molecule has 0 saturated heterocycles. The van der Waals surface area contributed by atoms with Crippen LogP contribution in [-0.2, 0) is 32.7 Å². The number of nitrogens with one attached hydrogen (secondary N) is 1. The van der Waals surface area contributed by atoms with Crippen molar-refractivity contribution in [2.45, 2.75) is 39.4 Å². The molecule has 0 saturated carbocycles. The van der Waals surface area contributed by atoms with Gasteiger partial charge in [0.1, 0.15) is 6.04 Å². The zero-order valence-electron chi connectivity index (χ0n) is 18.6. The van der Waals surface area contributed by atoms with Gasteiger partial charge in [0.2, 0.25) is 21.8 Å². The van der Waals surface area contributed by atoms with Crippen molar-refractivity contribution >= 4 is 33.4 Å². The molecule has 32 heavy (non-hydrogen) atoms. The van der Waals surface area contributed by atoms with Gasteiger partial charge >= 0.3 is 0 Å². The molecule has 174 valence electrons. The second-order valence-corrected chi connectivity index (χ2v) is 10.1. The van der Waals surface area contributed by atoms with Crippen LogP contribution >= 0.6 is 11.6 Å². The fourth-order valence-corrected chi connectivity index (χ4v) is 3.94. The highest BCUT2D eigenvalue weighted by molar-refractivity contribution is 7.88. The first kappa shape index (κ1) is 25.8. The lowest BCUT2D eigenvalue weighted by Gasteiger charge is -2.31. The lowest BCUT2D eigenvalue weighted by Crippen LogP contribution is -2.51. The van der Waals surface area contributed by atoms with Crippen molar-refractivity contribution in [2.24, 2.45) is 0 Å². The van der Waals surface area contributed by atoms with Crippen molar-refractivity contribution in [1.29, 1.82) is 0 Å². The van der Waals surface area contributed by atoms with Crippen molar-refractivity contribution in [3.63, 3.8) is 0 Å². The summed E-state index contributed by atoms with van der Waals surface area (Å²) in [6.07, 6.45) is 1.84. The van der Waals surface area contributed by atoms with Gasteiger partial charge in [0.15, 0.2) is 0 Å². The van der Waals surface area contributed by atoms with E-state index in [4.69, 9.17) is 11.6 Å². The van der Waals surface area contributed by atoms with E-state index in [1.807, 2.05) is 25.1 Å². The molecule has 2 rings (SSSR count). The van der Waals surface area contributed by atoms with Gasteiger partial charge < -0.3 is 10.2 Å². The Hall–Kier alpha value is -2.42. The van der Waals surface area contributed by atoms with Crippen LogP contribution < -0.4 is 5.32 Å². The summed E-state index contributed by atoms with van der Waals surface area (Å²) >= 11 is 5.96. The fraction of sp³-hybridized carbons (Fsp3) is 0.391. The molecule has 0 aliphatic carbocycles. The minimum absolute atomic E-state index is 0.0661. The largest absolute Gasteiger partial charge is 0.354 e. The fourth-order valence-electron chi connectivity index (χ4n) is 3.08. The van der Waals surface area contributed by atoms with Gasteiger partial charge in [-0.05, 0) is 36.6 Å². The van der Waals surface area contributed by atoms with E-state index in [2.05, 4.69) is 5.32 Å². The summed E-state index contributed by atoms with van der Waals surface area (Å²) in [5.74, 6) is -0.747. The number of amides is 2. The van der Waals surface area contributed by atoms with Crippen LogP contribution in [0.5, 0.6) is 0 Å². The van der Waals surface area contributed by atoms with E-state index < -0.39 is 22.0 Å². The van der Waals surface area contributed by atoms with E-state index in [9.17, 15) is 18.0 Å². The summed E-state index contributed by atoms with van der Waals surface area (Å²) in [5.41, 5.74) is 1.55. The number of carbonyl (C=O) groups is 2. The second kappa shape index (κ2) is 12.0. The van der Waals surface area contributed by atoms with Crippen LogP contribution in [0.4, 0.5) is 0 Å². The first-order chi connectivity index (χ1) is 15.1. The normalized spacial score (nSPS) is 12.4. The molecule has 0 bridgehead atoms. The highest BCUT2D eigenvalue weighted by atomic mass is 35.5. The number of carbonyl (C=O) groups excluding carboxylic acids is 2. The number of nitrogens with zero attached hydrogens (tertiary/aromatic N) is 2. The van der Waals surface area contributed by atoms with Gasteiger partial charge in [0.25, 0.3) is 0 Å². The Kier molecular flexibility index (Phi) is 9.68. The standard InChI is InChI=1S/C23H30ClN3O4S/c1-4-14-25-23(29)18(2)27(16-20-10-12-21(24)13-11-20)22(28)17-26(32(3,30)31)15-19-8-6-5-7-9-19/h5-13,18H,4,14-17H2,1-3H3,(H,25,29). The maximum Gasteiger partial charge on any atom is 0.242 e. The third kappa shape index (κ3) is 7.93. The van der Waals surface area contributed by atoms with E-state index in [0.717, 1.165) is 28.1 Å².